The van der Waals surface area contributed by atoms with Gasteiger partial charge in [-0.25, -0.2) is 9.78 Å². The maximum Gasteiger partial charge on any atom is 0.358 e. The van der Waals surface area contributed by atoms with E-state index < -0.39 is 5.97 Å². The van der Waals surface area contributed by atoms with Gasteiger partial charge in [-0.15, -0.1) is 11.8 Å². The van der Waals surface area contributed by atoms with Gasteiger partial charge in [-0.05, 0) is 38.8 Å². The summed E-state index contributed by atoms with van der Waals surface area (Å²) < 4.78 is 8.79. The van der Waals surface area contributed by atoms with Gasteiger partial charge in [0, 0.05) is 5.25 Å². The van der Waals surface area contributed by atoms with E-state index in [1.165, 1.54) is 23.1 Å². The van der Waals surface area contributed by atoms with Gasteiger partial charge in [0.25, 0.3) is 0 Å². The number of aromatic nitrogens is 3. The van der Waals surface area contributed by atoms with E-state index >= 15 is 0 Å². The smallest absolute Gasteiger partial charge is 0.358 e. The molecule has 5 nitrogen and oxygen atoms in total. The normalized spacial score (nSPS) is 11.2. The van der Waals surface area contributed by atoms with Crippen molar-refractivity contribution < 1.29 is 9.53 Å². The molecule has 0 N–H and O–H groups in total. The predicted molar refractivity (Wildman–Crippen MR) is 91.7 cm³/mol. The molecule has 0 aliphatic rings. The number of thiazole rings is 1. The SMILES string of the molecule is COC(=O)c1c(Br)c(C)nn1-c1nc(Br)c(SC(C)C)s1. The second-order valence-corrected chi connectivity index (χ2v) is 8.76. The highest BCUT2D eigenvalue weighted by atomic mass is 79.9. The van der Waals surface area contributed by atoms with Crippen LogP contribution in [0.1, 0.15) is 30.0 Å². The summed E-state index contributed by atoms with van der Waals surface area (Å²) in [5.41, 5.74) is 1.05. The van der Waals surface area contributed by atoms with Gasteiger partial charge in [-0.3, -0.25) is 0 Å². The quantitative estimate of drug-likeness (QED) is 0.504. The molecule has 0 aliphatic carbocycles. The van der Waals surface area contributed by atoms with Gasteiger partial charge in [0.2, 0.25) is 5.13 Å². The van der Waals surface area contributed by atoms with Crippen LogP contribution in [0.25, 0.3) is 5.13 Å². The van der Waals surface area contributed by atoms with Gasteiger partial charge >= 0.3 is 5.97 Å². The van der Waals surface area contributed by atoms with Crippen molar-refractivity contribution in [2.24, 2.45) is 0 Å². The number of nitrogens with zero attached hydrogens (tertiary/aromatic N) is 3. The zero-order chi connectivity index (χ0) is 15.7. The van der Waals surface area contributed by atoms with Crippen LogP contribution in [0.5, 0.6) is 0 Å². The molecule has 0 radical (unpaired) electrons. The summed E-state index contributed by atoms with van der Waals surface area (Å²) in [6.07, 6.45) is 0. The van der Waals surface area contributed by atoms with E-state index in [9.17, 15) is 4.79 Å². The molecule has 0 fully saturated rings. The van der Waals surface area contributed by atoms with Crippen LogP contribution in [0, 0.1) is 6.92 Å². The Hall–Kier alpha value is -0.380. The fraction of sp³-hybridized carbons (Fsp3) is 0.417. The maximum atomic E-state index is 12.0. The number of rotatable bonds is 4. The summed E-state index contributed by atoms with van der Waals surface area (Å²) in [4.78, 5) is 16.4. The molecule has 114 valence electrons. The highest BCUT2D eigenvalue weighted by Gasteiger charge is 2.24. The Labute approximate surface area is 147 Å². The Morgan fingerprint density at radius 1 is 1.43 bits per heavy atom. The first-order valence-corrected chi connectivity index (χ1v) is 9.30. The number of methoxy groups -OCH3 is 1. The first-order valence-electron chi connectivity index (χ1n) is 6.02. The fourth-order valence-corrected chi connectivity index (χ4v) is 5.01. The Kier molecular flexibility index (Phi) is 5.50. The van der Waals surface area contributed by atoms with Crippen LogP contribution in [-0.2, 0) is 4.74 Å². The Morgan fingerprint density at radius 3 is 2.67 bits per heavy atom. The minimum atomic E-state index is -0.452. The Balaban J connectivity index is 2.52. The Morgan fingerprint density at radius 2 is 2.10 bits per heavy atom. The molecule has 2 rings (SSSR count). The van der Waals surface area contributed by atoms with Crippen LogP contribution in [0.3, 0.4) is 0 Å². The summed E-state index contributed by atoms with van der Waals surface area (Å²) in [5.74, 6) is -0.452. The second-order valence-electron chi connectivity index (χ2n) is 4.39. The molecule has 0 aliphatic heterocycles. The average Bonchev–Trinajstić information content (AvgIpc) is 2.91. The zero-order valence-electron chi connectivity index (χ0n) is 11.8. The molecular weight excluding hydrogens is 442 g/mol. The van der Waals surface area contributed by atoms with E-state index in [2.05, 4.69) is 55.8 Å². The highest BCUT2D eigenvalue weighted by Crippen LogP contribution is 2.38. The van der Waals surface area contributed by atoms with Crippen molar-refractivity contribution >= 4 is 60.9 Å². The lowest BCUT2D eigenvalue weighted by atomic mass is 10.4. The molecule has 21 heavy (non-hydrogen) atoms. The third-order valence-corrected chi connectivity index (χ3v) is 6.73. The van der Waals surface area contributed by atoms with Gasteiger partial charge in [-0.2, -0.15) is 9.78 Å². The number of hydrogen-bond donors (Lipinski definition) is 0. The van der Waals surface area contributed by atoms with Gasteiger partial charge < -0.3 is 4.74 Å². The van der Waals surface area contributed by atoms with E-state index in [1.807, 2.05) is 6.92 Å². The number of carbonyl (C=O) groups is 1. The number of halogens is 2. The van der Waals surface area contributed by atoms with Crippen LogP contribution in [0.2, 0.25) is 0 Å². The third-order valence-electron chi connectivity index (χ3n) is 2.44. The second kappa shape index (κ2) is 6.80. The van der Waals surface area contributed by atoms with Crippen molar-refractivity contribution in [1.82, 2.24) is 14.8 Å². The summed E-state index contributed by atoms with van der Waals surface area (Å²) in [6, 6.07) is 0. The van der Waals surface area contributed by atoms with Crippen LogP contribution in [0.4, 0.5) is 0 Å². The van der Waals surface area contributed by atoms with Crippen molar-refractivity contribution in [2.75, 3.05) is 7.11 Å². The maximum absolute atomic E-state index is 12.0. The summed E-state index contributed by atoms with van der Waals surface area (Å²) >= 11 is 10.0. The number of thioether (sulfide) groups is 1. The van der Waals surface area contributed by atoms with Crippen molar-refractivity contribution in [3.63, 3.8) is 0 Å². The van der Waals surface area contributed by atoms with E-state index in [1.54, 1.807) is 11.8 Å². The zero-order valence-corrected chi connectivity index (χ0v) is 16.6. The minimum absolute atomic E-state index is 0.345. The molecule has 0 atom stereocenters. The van der Waals surface area contributed by atoms with Crippen LogP contribution in [-0.4, -0.2) is 33.1 Å². The lowest BCUT2D eigenvalue weighted by molar-refractivity contribution is 0.0589. The molecule has 2 aromatic rings. The number of hydrogen-bond acceptors (Lipinski definition) is 6. The summed E-state index contributed by atoms with van der Waals surface area (Å²) in [5, 5.41) is 5.44. The fourth-order valence-electron chi connectivity index (χ4n) is 1.57. The summed E-state index contributed by atoms with van der Waals surface area (Å²) in [6.45, 7) is 6.05. The van der Waals surface area contributed by atoms with E-state index in [0.717, 1.165) is 8.81 Å². The van der Waals surface area contributed by atoms with Gasteiger partial charge in [0.15, 0.2) is 5.69 Å². The van der Waals surface area contributed by atoms with Crippen LogP contribution in [0.15, 0.2) is 13.3 Å². The van der Waals surface area contributed by atoms with Crippen LogP contribution < -0.4 is 0 Å². The minimum Gasteiger partial charge on any atom is -0.464 e. The number of carbonyl (C=O) groups excluding carboxylic acids is 1. The average molecular weight is 455 g/mol. The van der Waals surface area contributed by atoms with Crippen molar-refractivity contribution in [3.8, 4) is 5.13 Å². The number of aryl methyl sites for hydroxylation is 1. The van der Waals surface area contributed by atoms with E-state index in [4.69, 9.17) is 4.74 Å². The van der Waals surface area contributed by atoms with Gasteiger partial charge in [0.1, 0.15) is 4.60 Å². The largest absolute Gasteiger partial charge is 0.464 e. The van der Waals surface area contributed by atoms with Crippen LogP contribution >= 0.6 is 55.0 Å². The highest BCUT2D eigenvalue weighted by molar-refractivity contribution is 9.10. The van der Waals surface area contributed by atoms with Gasteiger partial charge in [-0.1, -0.05) is 25.2 Å². The molecule has 2 heterocycles. The monoisotopic (exact) mass is 453 g/mol. The first kappa shape index (κ1) is 17.0. The molecule has 0 unspecified atom stereocenters. The van der Waals surface area contributed by atoms with E-state index in [-0.39, 0.29) is 0 Å². The molecule has 2 aromatic heterocycles. The third kappa shape index (κ3) is 3.52. The lowest BCUT2D eigenvalue weighted by Crippen LogP contribution is -2.10. The molecule has 0 bridgehead atoms. The molecule has 0 aromatic carbocycles. The molecule has 0 saturated carbocycles. The number of ether oxygens (including phenoxy) is 1. The molecule has 9 heteroatoms. The molecule has 0 amide bonds. The first-order chi connectivity index (χ1) is 9.85. The topological polar surface area (TPSA) is 57.0 Å². The standard InChI is InChI=1S/C12H13Br2N3O2S2/c1-5(2)20-11-9(14)15-12(21-11)17-8(10(18)19-4)7(13)6(3)16-17/h5H,1-4H3. The van der Waals surface area contributed by atoms with Crippen molar-refractivity contribution in [2.45, 2.75) is 30.2 Å². The number of esters is 1. The van der Waals surface area contributed by atoms with Crippen molar-refractivity contribution in [1.29, 1.82) is 0 Å². The summed E-state index contributed by atoms with van der Waals surface area (Å²) in [7, 11) is 1.35. The van der Waals surface area contributed by atoms with Gasteiger partial charge in [0.05, 0.1) is 21.5 Å². The predicted octanol–water partition coefficient (Wildman–Crippen LogP) is 4.45. The lowest BCUT2D eigenvalue weighted by Gasteiger charge is -2.02. The van der Waals surface area contributed by atoms with E-state index in [0.29, 0.717) is 26.2 Å². The van der Waals surface area contributed by atoms with Crippen molar-refractivity contribution in [3.05, 3.63) is 20.5 Å². The molecule has 0 saturated heterocycles. The molecular formula is C12H13Br2N3O2S2. The molecule has 0 spiro atoms. The Bertz CT molecular complexity index is 682.